The van der Waals surface area contributed by atoms with Crippen LogP contribution in [0.25, 0.3) is 0 Å². The lowest BCUT2D eigenvalue weighted by atomic mass is 9.93. The first-order valence-corrected chi connectivity index (χ1v) is 7.47. The molecule has 96 valence electrons. The maximum atomic E-state index is 5.60. The average Bonchev–Trinajstić information content (AvgIpc) is 2.79. The Labute approximate surface area is 117 Å². The predicted molar refractivity (Wildman–Crippen MR) is 77.9 cm³/mol. The summed E-state index contributed by atoms with van der Waals surface area (Å²) in [6, 6.07) is 10.1. The standard InChI is InChI=1S/C14H17NOS2/c1-14(2,3)12-10-17-13(15-12)9-16-18-11-7-5-4-6-8-11/h4-8,10H,9H2,1-3H3. The van der Waals surface area contributed by atoms with Gasteiger partial charge >= 0.3 is 0 Å². The Morgan fingerprint density at radius 3 is 2.56 bits per heavy atom. The van der Waals surface area contributed by atoms with Gasteiger partial charge in [0.05, 0.1) is 5.69 Å². The molecule has 2 rings (SSSR count). The summed E-state index contributed by atoms with van der Waals surface area (Å²) in [7, 11) is 0. The van der Waals surface area contributed by atoms with Gasteiger partial charge in [-0.25, -0.2) is 4.98 Å². The summed E-state index contributed by atoms with van der Waals surface area (Å²) in [5.74, 6) is 0. The Balaban J connectivity index is 1.86. The molecule has 0 bridgehead atoms. The van der Waals surface area contributed by atoms with E-state index in [9.17, 15) is 0 Å². The van der Waals surface area contributed by atoms with Gasteiger partial charge in [0.1, 0.15) is 11.6 Å². The Morgan fingerprint density at radius 2 is 1.94 bits per heavy atom. The summed E-state index contributed by atoms with van der Waals surface area (Å²) in [5, 5.41) is 3.15. The molecule has 0 aliphatic carbocycles. The second kappa shape index (κ2) is 5.87. The fourth-order valence-electron chi connectivity index (χ4n) is 1.35. The molecule has 4 heteroatoms. The molecule has 1 heterocycles. The molecule has 2 nitrogen and oxygen atoms in total. The normalized spacial score (nSPS) is 11.7. The lowest BCUT2D eigenvalue weighted by Crippen LogP contribution is -2.11. The maximum absolute atomic E-state index is 5.60. The number of hydrogen-bond acceptors (Lipinski definition) is 4. The van der Waals surface area contributed by atoms with E-state index in [0.29, 0.717) is 6.61 Å². The van der Waals surface area contributed by atoms with E-state index >= 15 is 0 Å². The highest BCUT2D eigenvalue weighted by molar-refractivity contribution is 7.94. The zero-order valence-corrected chi connectivity index (χ0v) is 12.5. The molecular weight excluding hydrogens is 262 g/mol. The minimum absolute atomic E-state index is 0.112. The number of nitrogens with zero attached hydrogens (tertiary/aromatic N) is 1. The fourth-order valence-corrected chi connectivity index (χ4v) is 2.93. The molecule has 1 aromatic heterocycles. The molecule has 0 atom stereocenters. The summed E-state index contributed by atoms with van der Waals surface area (Å²) in [6.45, 7) is 7.07. The highest BCUT2D eigenvalue weighted by Gasteiger charge is 2.17. The average molecular weight is 279 g/mol. The van der Waals surface area contributed by atoms with E-state index in [1.165, 1.54) is 12.0 Å². The van der Waals surface area contributed by atoms with Crippen molar-refractivity contribution in [1.82, 2.24) is 4.98 Å². The molecule has 18 heavy (non-hydrogen) atoms. The van der Waals surface area contributed by atoms with Gasteiger partial charge in [0.25, 0.3) is 0 Å². The van der Waals surface area contributed by atoms with E-state index in [2.05, 4.69) is 31.1 Å². The Morgan fingerprint density at radius 1 is 1.22 bits per heavy atom. The highest BCUT2D eigenvalue weighted by atomic mass is 32.2. The van der Waals surface area contributed by atoms with E-state index in [0.717, 1.165) is 15.6 Å². The third-order valence-electron chi connectivity index (χ3n) is 2.40. The van der Waals surface area contributed by atoms with Crippen LogP contribution in [0.5, 0.6) is 0 Å². The molecule has 0 N–H and O–H groups in total. The van der Waals surface area contributed by atoms with Gasteiger partial charge in [-0.2, -0.15) is 0 Å². The summed E-state index contributed by atoms with van der Waals surface area (Å²) in [5.41, 5.74) is 1.25. The first kappa shape index (κ1) is 13.6. The van der Waals surface area contributed by atoms with E-state index in [1.807, 2.05) is 30.3 Å². The molecule has 0 aliphatic rings. The van der Waals surface area contributed by atoms with Gasteiger partial charge in [-0.3, -0.25) is 0 Å². The molecular formula is C14H17NOS2. The van der Waals surface area contributed by atoms with Crippen molar-refractivity contribution in [3.05, 3.63) is 46.4 Å². The van der Waals surface area contributed by atoms with Crippen LogP contribution < -0.4 is 0 Å². The molecule has 2 aromatic rings. The van der Waals surface area contributed by atoms with Crippen molar-refractivity contribution in [2.24, 2.45) is 0 Å². The van der Waals surface area contributed by atoms with Gasteiger partial charge in [-0.15, -0.1) is 11.3 Å². The van der Waals surface area contributed by atoms with Crippen LogP contribution in [0.15, 0.2) is 40.6 Å². The van der Waals surface area contributed by atoms with E-state index in [-0.39, 0.29) is 5.41 Å². The quantitative estimate of drug-likeness (QED) is 0.760. The first-order chi connectivity index (χ1) is 8.55. The zero-order chi connectivity index (χ0) is 13.0. The van der Waals surface area contributed by atoms with Crippen molar-refractivity contribution in [3.8, 4) is 0 Å². The second-order valence-corrected chi connectivity index (χ2v) is 6.85. The maximum Gasteiger partial charge on any atom is 0.120 e. The molecule has 0 spiro atoms. The SMILES string of the molecule is CC(C)(C)c1csc(COSc2ccccc2)n1. The molecule has 0 unspecified atom stereocenters. The Bertz CT molecular complexity index is 488. The highest BCUT2D eigenvalue weighted by Crippen LogP contribution is 2.26. The smallest absolute Gasteiger partial charge is 0.120 e. The van der Waals surface area contributed by atoms with Crippen molar-refractivity contribution < 1.29 is 4.18 Å². The topological polar surface area (TPSA) is 22.1 Å². The van der Waals surface area contributed by atoms with Crippen LogP contribution in [-0.2, 0) is 16.2 Å². The first-order valence-electron chi connectivity index (χ1n) is 5.85. The minimum Gasteiger partial charge on any atom is -0.303 e. The van der Waals surface area contributed by atoms with Crippen LogP contribution in [0, 0.1) is 0 Å². The third kappa shape index (κ3) is 3.83. The summed E-state index contributed by atoms with van der Waals surface area (Å²) >= 11 is 3.06. The Hall–Kier alpha value is -0.840. The van der Waals surface area contributed by atoms with E-state index in [4.69, 9.17) is 4.18 Å². The summed E-state index contributed by atoms with van der Waals surface area (Å²) < 4.78 is 5.60. The minimum atomic E-state index is 0.112. The van der Waals surface area contributed by atoms with Crippen LogP contribution in [0.2, 0.25) is 0 Å². The molecule has 0 saturated carbocycles. The van der Waals surface area contributed by atoms with Gasteiger partial charge in [-0.05, 0) is 12.1 Å². The lowest BCUT2D eigenvalue weighted by molar-refractivity contribution is 0.361. The number of benzene rings is 1. The van der Waals surface area contributed by atoms with Crippen LogP contribution in [-0.4, -0.2) is 4.98 Å². The fraction of sp³-hybridized carbons (Fsp3) is 0.357. The second-order valence-electron chi connectivity index (χ2n) is 5.04. The largest absolute Gasteiger partial charge is 0.303 e. The van der Waals surface area contributed by atoms with Crippen molar-refractivity contribution in [1.29, 1.82) is 0 Å². The zero-order valence-electron chi connectivity index (χ0n) is 10.8. The van der Waals surface area contributed by atoms with E-state index < -0.39 is 0 Å². The van der Waals surface area contributed by atoms with Crippen molar-refractivity contribution >= 4 is 23.4 Å². The number of hydrogen-bond donors (Lipinski definition) is 0. The number of thiazole rings is 1. The van der Waals surface area contributed by atoms with Crippen molar-refractivity contribution in [3.63, 3.8) is 0 Å². The van der Waals surface area contributed by atoms with E-state index in [1.54, 1.807) is 11.3 Å². The molecule has 0 fully saturated rings. The summed E-state index contributed by atoms with van der Waals surface area (Å²) in [4.78, 5) is 5.71. The molecule has 1 aromatic carbocycles. The Kier molecular flexibility index (Phi) is 4.43. The third-order valence-corrected chi connectivity index (χ3v) is 3.92. The predicted octanol–water partition coefficient (Wildman–Crippen LogP) is 4.66. The van der Waals surface area contributed by atoms with Gasteiger partial charge in [0.15, 0.2) is 0 Å². The van der Waals surface area contributed by atoms with Gasteiger partial charge in [0, 0.05) is 27.7 Å². The van der Waals surface area contributed by atoms with Gasteiger partial charge in [0.2, 0.25) is 0 Å². The summed E-state index contributed by atoms with van der Waals surface area (Å²) in [6.07, 6.45) is 0. The van der Waals surface area contributed by atoms with Crippen LogP contribution in [0.4, 0.5) is 0 Å². The van der Waals surface area contributed by atoms with Crippen molar-refractivity contribution in [2.45, 2.75) is 37.7 Å². The van der Waals surface area contributed by atoms with Crippen LogP contribution in [0.1, 0.15) is 31.5 Å². The molecule has 0 aliphatic heterocycles. The monoisotopic (exact) mass is 279 g/mol. The molecule has 0 saturated heterocycles. The van der Waals surface area contributed by atoms with Crippen LogP contribution in [0.3, 0.4) is 0 Å². The van der Waals surface area contributed by atoms with Crippen LogP contribution >= 0.6 is 23.4 Å². The van der Waals surface area contributed by atoms with Crippen molar-refractivity contribution in [2.75, 3.05) is 0 Å². The lowest BCUT2D eigenvalue weighted by Gasteiger charge is -2.14. The van der Waals surface area contributed by atoms with Gasteiger partial charge < -0.3 is 4.18 Å². The molecule has 0 radical (unpaired) electrons. The number of rotatable bonds is 4. The number of aromatic nitrogens is 1. The molecule has 0 amide bonds. The van der Waals surface area contributed by atoms with Gasteiger partial charge in [-0.1, -0.05) is 39.0 Å².